The Bertz CT molecular complexity index is 882. The molecule has 0 fully saturated rings. The van der Waals surface area contributed by atoms with Crippen LogP contribution in [0.5, 0.6) is 0 Å². The largest absolute Gasteiger partial charge is 0.298 e. The van der Waals surface area contributed by atoms with Gasteiger partial charge in [0.15, 0.2) is 5.13 Å². The second-order valence-electron chi connectivity index (χ2n) is 4.48. The Morgan fingerprint density at radius 3 is 2.74 bits per heavy atom. The summed E-state index contributed by atoms with van der Waals surface area (Å²) >= 11 is 19.2. The van der Waals surface area contributed by atoms with Crippen LogP contribution in [0.4, 0.5) is 5.13 Å². The second kappa shape index (κ2) is 6.84. The molecule has 3 aromatic rings. The Kier molecular flexibility index (Phi) is 4.82. The SMILES string of the molecule is O=C(Nc1nc(-c2cc(Cl)ccc2Cl)cs1)c1ccnc(Cl)c1. The van der Waals surface area contributed by atoms with Gasteiger partial charge in [-0.1, -0.05) is 34.8 Å². The first kappa shape index (κ1) is 16.2. The standard InChI is InChI=1S/C15H8Cl3N3OS/c16-9-1-2-11(17)10(6-9)12-7-23-15(20-12)21-14(22)8-3-4-19-13(18)5-8/h1-7H,(H,20,21,22). The highest BCUT2D eigenvalue weighted by molar-refractivity contribution is 7.14. The summed E-state index contributed by atoms with van der Waals surface area (Å²) in [5, 5.41) is 6.32. The van der Waals surface area contributed by atoms with Gasteiger partial charge in [0.05, 0.1) is 10.7 Å². The molecule has 0 saturated heterocycles. The number of carbonyl (C=O) groups is 1. The summed E-state index contributed by atoms with van der Waals surface area (Å²) in [5.41, 5.74) is 1.76. The van der Waals surface area contributed by atoms with E-state index in [0.717, 1.165) is 0 Å². The van der Waals surface area contributed by atoms with Crippen LogP contribution in [0.25, 0.3) is 11.3 Å². The van der Waals surface area contributed by atoms with Crippen LogP contribution in [0.3, 0.4) is 0 Å². The molecular weight excluding hydrogens is 377 g/mol. The van der Waals surface area contributed by atoms with Gasteiger partial charge < -0.3 is 0 Å². The predicted octanol–water partition coefficient (Wildman–Crippen LogP) is 5.42. The van der Waals surface area contributed by atoms with Crippen LogP contribution in [0.2, 0.25) is 15.2 Å². The Hall–Kier alpha value is -1.66. The molecule has 0 aliphatic rings. The van der Waals surface area contributed by atoms with Gasteiger partial charge in [0, 0.05) is 27.7 Å². The van der Waals surface area contributed by atoms with Crippen LogP contribution >= 0.6 is 46.1 Å². The van der Waals surface area contributed by atoms with Crippen molar-refractivity contribution in [2.45, 2.75) is 0 Å². The maximum atomic E-state index is 12.2. The summed E-state index contributed by atoms with van der Waals surface area (Å²) in [5.74, 6) is -0.313. The number of rotatable bonds is 3. The highest BCUT2D eigenvalue weighted by Gasteiger charge is 2.12. The van der Waals surface area contributed by atoms with Crippen molar-refractivity contribution >= 4 is 57.2 Å². The number of nitrogens with one attached hydrogen (secondary N) is 1. The van der Waals surface area contributed by atoms with Crippen molar-refractivity contribution in [3.8, 4) is 11.3 Å². The third kappa shape index (κ3) is 3.82. The number of pyridine rings is 1. The lowest BCUT2D eigenvalue weighted by Crippen LogP contribution is -2.11. The molecule has 3 rings (SSSR count). The van der Waals surface area contributed by atoms with Crippen LogP contribution in [-0.2, 0) is 0 Å². The molecule has 0 atom stereocenters. The first-order valence-electron chi connectivity index (χ1n) is 6.37. The second-order valence-corrected chi connectivity index (χ2v) is 6.57. The molecule has 8 heteroatoms. The number of hydrogen-bond acceptors (Lipinski definition) is 4. The molecule has 0 radical (unpaired) electrons. The number of carbonyl (C=O) groups excluding carboxylic acids is 1. The van der Waals surface area contributed by atoms with Crippen molar-refractivity contribution < 1.29 is 4.79 Å². The van der Waals surface area contributed by atoms with Crippen molar-refractivity contribution in [2.75, 3.05) is 5.32 Å². The summed E-state index contributed by atoms with van der Waals surface area (Å²) < 4.78 is 0. The van der Waals surface area contributed by atoms with E-state index in [0.29, 0.717) is 32.0 Å². The zero-order valence-corrected chi connectivity index (χ0v) is 14.5. The van der Waals surface area contributed by atoms with E-state index in [-0.39, 0.29) is 11.1 Å². The molecule has 1 amide bonds. The quantitative estimate of drug-likeness (QED) is 0.614. The van der Waals surface area contributed by atoms with Crippen LogP contribution in [0.15, 0.2) is 41.9 Å². The summed E-state index contributed by atoms with van der Waals surface area (Å²) in [7, 11) is 0. The molecule has 2 heterocycles. The number of hydrogen-bond donors (Lipinski definition) is 1. The minimum atomic E-state index is -0.313. The van der Waals surface area contributed by atoms with Crippen molar-refractivity contribution in [3.05, 3.63) is 62.7 Å². The molecule has 0 aliphatic carbocycles. The van der Waals surface area contributed by atoms with Crippen molar-refractivity contribution in [1.29, 1.82) is 0 Å². The van der Waals surface area contributed by atoms with E-state index >= 15 is 0 Å². The fourth-order valence-electron chi connectivity index (χ4n) is 1.86. The fourth-order valence-corrected chi connectivity index (χ4v) is 3.13. The van der Waals surface area contributed by atoms with E-state index in [1.54, 1.807) is 29.6 Å². The number of amides is 1. The van der Waals surface area contributed by atoms with Gasteiger partial charge in [-0.3, -0.25) is 10.1 Å². The number of nitrogens with zero attached hydrogens (tertiary/aromatic N) is 2. The van der Waals surface area contributed by atoms with E-state index in [1.807, 2.05) is 0 Å². The molecule has 2 aromatic heterocycles. The van der Waals surface area contributed by atoms with Crippen molar-refractivity contribution in [3.63, 3.8) is 0 Å². The van der Waals surface area contributed by atoms with E-state index < -0.39 is 0 Å². The Balaban J connectivity index is 1.82. The third-order valence-electron chi connectivity index (χ3n) is 2.92. The molecule has 0 spiro atoms. The van der Waals surface area contributed by atoms with E-state index in [1.165, 1.54) is 23.6 Å². The molecule has 23 heavy (non-hydrogen) atoms. The zero-order chi connectivity index (χ0) is 16.4. The van der Waals surface area contributed by atoms with Gasteiger partial charge in [0.25, 0.3) is 5.91 Å². The lowest BCUT2D eigenvalue weighted by atomic mass is 10.2. The number of thiazole rings is 1. The van der Waals surface area contributed by atoms with E-state index in [4.69, 9.17) is 34.8 Å². The maximum Gasteiger partial charge on any atom is 0.257 e. The van der Waals surface area contributed by atoms with Crippen LogP contribution < -0.4 is 5.32 Å². The van der Waals surface area contributed by atoms with Crippen LogP contribution in [0.1, 0.15) is 10.4 Å². The monoisotopic (exact) mass is 383 g/mol. The first-order valence-corrected chi connectivity index (χ1v) is 8.38. The highest BCUT2D eigenvalue weighted by atomic mass is 35.5. The summed E-state index contributed by atoms with van der Waals surface area (Å²) in [6.45, 7) is 0. The van der Waals surface area contributed by atoms with Gasteiger partial charge in [-0.25, -0.2) is 9.97 Å². The number of aromatic nitrogens is 2. The first-order chi connectivity index (χ1) is 11.0. The molecule has 1 N–H and O–H groups in total. The molecule has 0 saturated carbocycles. The highest BCUT2D eigenvalue weighted by Crippen LogP contribution is 2.32. The Morgan fingerprint density at radius 2 is 1.96 bits per heavy atom. The van der Waals surface area contributed by atoms with Crippen molar-refractivity contribution in [1.82, 2.24) is 9.97 Å². The summed E-state index contributed by atoms with van der Waals surface area (Å²) in [6.07, 6.45) is 1.47. The zero-order valence-electron chi connectivity index (χ0n) is 11.4. The molecule has 1 aromatic carbocycles. The lowest BCUT2D eigenvalue weighted by Gasteiger charge is -2.02. The molecule has 0 bridgehead atoms. The average Bonchev–Trinajstić information content (AvgIpc) is 2.98. The molecule has 4 nitrogen and oxygen atoms in total. The average molecular weight is 385 g/mol. The Morgan fingerprint density at radius 1 is 1.13 bits per heavy atom. The molecule has 116 valence electrons. The van der Waals surface area contributed by atoms with E-state index in [9.17, 15) is 4.79 Å². The molecule has 0 aliphatic heterocycles. The number of anilines is 1. The van der Waals surface area contributed by atoms with Gasteiger partial charge in [-0.2, -0.15) is 0 Å². The topological polar surface area (TPSA) is 54.9 Å². The van der Waals surface area contributed by atoms with Gasteiger partial charge >= 0.3 is 0 Å². The van der Waals surface area contributed by atoms with Gasteiger partial charge in [-0.05, 0) is 30.3 Å². The molecular formula is C15H8Cl3N3OS. The fraction of sp³-hybridized carbons (Fsp3) is 0. The molecule has 0 unspecified atom stereocenters. The Labute approximate surface area is 151 Å². The normalized spacial score (nSPS) is 10.6. The number of halogens is 3. The van der Waals surface area contributed by atoms with Crippen LogP contribution in [-0.4, -0.2) is 15.9 Å². The van der Waals surface area contributed by atoms with Gasteiger partial charge in [-0.15, -0.1) is 11.3 Å². The van der Waals surface area contributed by atoms with Crippen molar-refractivity contribution in [2.24, 2.45) is 0 Å². The minimum absolute atomic E-state index is 0.253. The maximum absolute atomic E-state index is 12.2. The lowest BCUT2D eigenvalue weighted by molar-refractivity contribution is 0.102. The number of benzene rings is 1. The summed E-state index contributed by atoms with van der Waals surface area (Å²) in [6, 6.07) is 8.20. The van der Waals surface area contributed by atoms with Gasteiger partial charge in [0.1, 0.15) is 5.15 Å². The third-order valence-corrected chi connectivity index (χ3v) is 4.45. The smallest absolute Gasteiger partial charge is 0.257 e. The minimum Gasteiger partial charge on any atom is -0.298 e. The van der Waals surface area contributed by atoms with Gasteiger partial charge in [0.2, 0.25) is 0 Å². The van der Waals surface area contributed by atoms with Crippen LogP contribution in [0, 0.1) is 0 Å². The predicted molar refractivity (Wildman–Crippen MR) is 94.8 cm³/mol. The summed E-state index contributed by atoms with van der Waals surface area (Å²) in [4.78, 5) is 20.4. The van der Waals surface area contributed by atoms with E-state index in [2.05, 4.69) is 15.3 Å².